The average molecular weight is 256 g/mol. The minimum absolute atomic E-state index is 0.680. The van der Waals surface area contributed by atoms with E-state index in [0.717, 1.165) is 23.0 Å². The molecule has 0 aromatic carbocycles. The van der Waals surface area contributed by atoms with Gasteiger partial charge in [-0.05, 0) is 37.9 Å². The molecule has 0 radical (unpaired) electrons. The van der Waals surface area contributed by atoms with Crippen LogP contribution in [-0.4, -0.2) is 34.5 Å². The van der Waals surface area contributed by atoms with Gasteiger partial charge in [-0.3, -0.25) is 4.99 Å². The molecule has 0 aromatic rings. The molecule has 0 bridgehead atoms. The van der Waals surface area contributed by atoms with Crippen LogP contribution in [0.25, 0.3) is 0 Å². The second-order valence-electron chi connectivity index (χ2n) is 5.10. The van der Waals surface area contributed by atoms with E-state index in [-0.39, 0.29) is 0 Å². The first-order chi connectivity index (χ1) is 7.86. The number of thioether (sulfide) groups is 2. The van der Waals surface area contributed by atoms with Crippen molar-refractivity contribution in [2.24, 2.45) is 10.9 Å². The largest absolute Gasteiger partial charge is 0.361 e. The van der Waals surface area contributed by atoms with Crippen LogP contribution in [0.4, 0.5) is 0 Å². The van der Waals surface area contributed by atoms with Crippen molar-refractivity contribution in [3.8, 4) is 0 Å². The normalized spacial score (nSPS) is 38.8. The second kappa shape index (κ2) is 4.81. The summed E-state index contributed by atoms with van der Waals surface area (Å²) >= 11 is 4.03. The van der Waals surface area contributed by atoms with E-state index in [0.29, 0.717) is 6.04 Å². The molecule has 4 heteroatoms. The predicted octanol–water partition coefficient (Wildman–Crippen LogP) is 2.74. The fourth-order valence-electron chi connectivity index (χ4n) is 2.72. The zero-order valence-corrected chi connectivity index (χ0v) is 11.4. The Balaban J connectivity index is 1.51. The Morgan fingerprint density at radius 1 is 1.31 bits per heavy atom. The van der Waals surface area contributed by atoms with Crippen LogP contribution < -0.4 is 5.32 Å². The van der Waals surface area contributed by atoms with Crippen LogP contribution in [0.2, 0.25) is 0 Å². The SMILES string of the molecule is CSC1CCCC1NC1=NCC(C2CC2)S1. The lowest BCUT2D eigenvalue weighted by molar-refractivity contribution is 0.646. The third-order valence-electron chi connectivity index (χ3n) is 3.89. The zero-order valence-electron chi connectivity index (χ0n) is 9.82. The maximum atomic E-state index is 4.67. The quantitative estimate of drug-likeness (QED) is 0.840. The van der Waals surface area contributed by atoms with E-state index < -0.39 is 0 Å². The summed E-state index contributed by atoms with van der Waals surface area (Å²) in [5.41, 5.74) is 0. The highest BCUT2D eigenvalue weighted by atomic mass is 32.2. The summed E-state index contributed by atoms with van der Waals surface area (Å²) in [6, 6.07) is 0.680. The van der Waals surface area contributed by atoms with Crippen LogP contribution in [-0.2, 0) is 0 Å². The van der Waals surface area contributed by atoms with Gasteiger partial charge in [-0.25, -0.2) is 0 Å². The molecular weight excluding hydrogens is 236 g/mol. The van der Waals surface area contributed by atoms with Gasteiger partial charge >= 0.3 is 0 Å². The molecule has 1 N–H and O–H groups in total. The summed E-state index contributed by atoms with van der Waals surface area (Å²) in [7, 11) is 0. The van der Waals surface area contributed by atoms with Gasteiger partial charge in [-0.1, -0.05) is 18.2 Å². The Labute approximate surface area is 106 Å². The zero-order chi connectivity index (χ0) is 11.0. The van der Waals surface area contributed by atoms with E-state index in [9.17, 15) is 0 Å². The molecule has 2 nitrogen and oxygen atoms in total. The number of aliphatic imine (C=N–C) groups is 1. The summed E-state index contributed by atoms with van der Waals surface area (Å²) in [4.78, 5) is 4.67. The molecule has 3 unspecified atom stereocenters. The summed E-state index contributed by atoms with van der Waals surface area (Å²) in [5.74, 6) is 0.980. The first-order valence-corrected chi connectivity index (χ1v) is 8.54. The number of rotatable bonds is 3. The minimum atomic E-state index is 0.680. The second-order valence-corrected chi connectivity index (χ2v) is 7.40. The van der Waals surface area contributed by atoms with Gasteiger partial charge in [0, 0.05) is 16.5 Å². The van der Waals surface area contributed by atoms with Crippen molar-refractivity contribution in [1.29, 1.82) is 0 Å². The molecule has 1 heterocycles. The molecule has 3 rings (SSSR count). The van der Waals surface area contributed by atoms with Crippen molar-refractivity contribution in [3.05, 3.63) is 0 Å². The van der Waals surface area contributed by atoms with E-state index in [4.69, 9.17) is 0 Å². The molecule has 16 heavy (non-hydrogen) atoms. The lowest BCUT2D eigenvalue weighted by Gasteiger charge is -2.20. The number of amidine groups is 1. The highest BCUT2D eigenvalue weighted by Crippen LogP contribution is 2.41. The molecule has 0 spiro atoms. The van der Waals surface area contributed by atoms with E-state index in [1.165, 1.54) is 37.3 Å². The van der Waals surface area contributed by atoms with Gasteiger partial charge in [0.1, 0.15) is 0 Å². The third-order valence-corrected chi connectivity index (χ3v) is 6.37. The summed E-state index contributed by atoms with van der Waals surface area (Å²) in [5, 5.41) is 6.53. The van der Waals surface area contributed by atoms with Gasteiger partial charge in [0.15, 0.2) is 5.17 Å². The van der Waals surface area contributed by atoms with Crippen molar-refractivity contribution in [2.75, 3.05) is 12.8 Å². The van der Waals surface area contributed by atoms with Crippen molar-refractivity contribution in [3.63, 3.8) is 0 Å². The molecule has 0 saturated heterocycles. The number of hydrogen-bond donors (Lipinski definition) is 1. The standard InChI is InChI=1S/C12H20N2S2/c1-15-10-4-2-3-9(10)14-12-13-7-11(16-12)8-5-6-8/h8-11H,2-7H2,1H3,(H,13,14). The smallest absolute Gasteiger partial charge is 0.157 e. The van der Waals surface area contributed by atoms with Crippen LogP contribution >= 0.6 is 23.5 Å². The minimum Gasteiger partial charge on any atom is -0.361 e. The molecule has 90 valence electrons. The Morgan fingerprint density at radius 2 is 2.19 bits per heavy atom. The Bertz CT molecular complexity index is 289. The molecule has 2 aliphatic carbocycles. The molecule has 2 fully saturated rings. The third kappa shape index (κ3) is 2.37. The number of nitrogens with one attached hydrogen (secondary N) is 1. The van der Waals surface area contributed by atoms with E-state index in [1.807, 2.05) is 23.5 Å². The van der Waals surface area contributed by atoms with Gasteiger partial charge in [0.2, 0.25) is 0 Å². The van der Waals surface area contributed by atoms with Gasteiger partial charge in [-0.15, -0.1) is 0 Å². The first-order valence-electron chi connectivity index (χ1n) is 6.37. The van der Waals surface area contributed by atoms with Crippen molar-refractivity contribution in [1.82, 2.24) is 5.32 Å². The number of nitrogens with zero attached hydrogens (tertiary/aromatic N) is 1. The van der Waals surface area contributed by atoms with Crippen LogP contribution in [0, 0.1) is 5.92 Å². The Hall–Kier alpha value is 0.170. The van der Waals surface area contributed by atoms with Crippen LogP contribution in [0.15, 0.2) is 4.99 Å². The molecule has 0 amide bonds. The van der Waals surface area contributed by atoms with Crippen molar-refractivity contribution < 1.29 is 0 Å². The molecular formula is C12H20N2S2. The lowest BCUT2D eigenvalue weighted by Crippen LogP contribution is -2.36. The fraction of sp³-hybridized carbons (Fsp3) is 0.917. The van der Waals surface area contributed by atoms with Crippen LogP contribution in [0.5, 0.6) is 0 Å². The molecule has 1 aliphatic heterocycles. The average Bonchev–Trinajstić information content (AvgIpc) is 2.88. The first kappa shape index (κ1) is 11.3. The van der Waals surface area contributed by atoms with Crippen LogP contribution in [0.1, 0.15) is 32.1 Å². The summed E-state index contributed by atoms with van der Waals surface area (Å²) in [6.45, 7) is 1.06. The van der Waals surface area contributed by atoms with Crippen LogP contribution in [0.3, 0.4) is 0 Å². The molecule has 3 atom stereocenters. The molecule has 0 aromatic heterocycles. The highest BCUT2D eigenvalue weighted by Gasteiger charge is 2.36. The molecule has 2 saturated carbocycles. The summed E-state index contributed by atoms with van der Waals surface area (Å²) < 4.78 is 0. The molecule has 3 aliphatic rings. The van der Waals surface area contributed by atoms with Gasteiger partial charge in [0.25, 0.3) is 0 Å². The summed E-state index contributed by atoms with van der Waals surface area (Å²) in [6.07, 6.45) is 9.21. The fourth-order valence-corrected chi connectivity index (χ4v) is 4.92. The Morgan fingerprint density at radius 3 is 2.94 bits per heavy atom. The van der Waals surface area contributed by atoms with Gasteiger partial charge < -0.3 is 5.32 Å². The van der Waals surface area contributed by atoms with E-state index in [2.05, 4.69) is 16.6 Å². The highest BCUT2D eigenvalue weighted by molar-refractivity contribution is 8.14. The van der Waals surface area contributed by atoms with E-state index in [1.54, 1.807) is 0 Å². The van der Waals surface area contributed by atoms with Gasteiger partial charge in [-0.2, -0.15) is 11.8 Å². The van der Waals surface area contributed by atoms with Gasteiger partial charge in [0.05, 0.1) is 6.54 Å². The maximum absolute atomic E-state index is 4.67. The number of hydrogen-bond acceptors (Lipinski definition) is 4. The van der Waals surface area contributed by atoms with Crippen molar-refractivity contribution in [2.45, 2.75) is 48.6 Å². The maximum Gasteiger partial charge on any atom is 0.157 e. The van der Waals surface area contributed by atoms with Crippen molar-refractivity contribution >= 4 is 28.7 Å². The predicted molar refractivity (Wildman–Crippen MR) is 74.5 cm³/mol. The lowest BCUT2D eigenvalue weighted by atomic mass is 10.2. The monoisotopic (exact) mass is 256 g/mol. The Kier molecular flexibility index (Phi) is 3.39. The van der Waals surface area contributed by atoms with E-state index >= 15 is 0 Å². The topological polar surface area (TPSA) is 24.4 Å².